The van der Waals surface area contributed by atoms with E-state index in [9.17, 15) is 4.79 Å². The van der Waals surface area contributed by atoms with Crippen LogP contribution in [0.25, 0.3) is 0 Å². The van der Waals surface area contributed by atoms with E-state index >= 15 is 0 Å². The maximum atomic E-state index is 11.2. The highest BCUT2D eigenvalue weighted by molar-refractivity contribution is 5.79. The third-order valence-electron chi connectivity index (χ3n) is 3.63. The van der Waals surface area contributed by atoms with Crippen molar-refractivity contribution in [2.45, 2.75) is 45.6 Å². The number of hydrogen-bond acceptors (Lipinski definition) is 2. The molecule has 1 aliphatic heterocycles. The van der Waals surface area contributed by atoms with Gasteiger partial charge in [-0.3, -0.25) is 9.69 Å². The molecule has 2 heteroatoms. The fourth-order valence-corrected chi connectivity index (χ4v) is 2.48. The van der Waals surface area contributed by atoms with Crippen molar-refractivity contribution < 1.29 is 4.79 Å². The van der Waals surface area contributed by atoms with Crippen molar-refractivity contribution >= 4 is 5.78 Å². The van der Waals surface area contributed by atoms with Crippen LogP contribution in [0.5, 0.6) is 0 Å². The summed E-state index contributed by atoms with van der Waals surface area (Å²) >= 11 is 0. The molecule has 0 amide bonds. The van der Waals surface area contributed by atoms with Crippen LogP contribution in [0.2, 0.25) is 0 Å². The maximum absolute atomic E-state index is 11.2. The van der Waals surface area contributed by atoms with Gasteiger partial charge in [-0.25, -0.2) is 0 Å². The largest absolute Gasteiger partial charge is 0.300 e. The molecule has 1 fully saturated rings. The summed E-state index contributed by atoms with van der Waals surface area (Å²) in [7, 11) is 0. The van der Waals surface area contributed by atoms with E-state index in [2.05, 4.69) is 36.1 Å². The van der Waals surface area contributed by atoms with E-state index in [1.54, 1.807) is 0 Å². The molecule has 98 valence electrons. The molecule has 18 heavy (non-hydrogen) atoms. The molecule has 2 rings (SSSR count). The SMILES string of the molecule is CCCCc1cccc(CN2CCC(=O)CC2)c1. The van der Waals surface area contributed by atoms with Crippen molar-refractivity contribution in [1.82, 2.24) is 4.90 Å². The fourth-order valence-electron chi connectivity index (χ4n) is 2.48. The van der Waals surface area contributed by atoms with Gasteiger partial charge in [0, 0.05) is 32.5 Å². The Morgan fingerprint density at radius 1 is 1.17 bits per heavy atom. The Morgan fingerprint density at radius 3 is 2.61 bits per heavy atom. The van der Waals surface area contributed by atoms with Gasteiger partial charge in [0.1, 0.15) is 5.78 Å². The predicted molar refractivity (Wildman–Crippen MR) is 74.6 cm³/mol. The van der Waals surface area contributed by atoms with E-state index in [0.717, 1.165) is 32.5 Å². The van der Waals surface area contributed by atoms with Gasteiger partial charge in [0.2, 0.25) is 0 Å². The molecule has 1 heterocycles. The quantitative estimate of drug-likeness (QED) is 0.794. The first-order chi connectivity index (χ1) is 8.78. The second kappa shape index (κ2) is 6.69. The van der Waals surface area contributed by atoms with Crippen LogP contribution in [0.1, 0.15) is 43.7 Å². The lowest BCUT2D eigenvalue weighted by Crippen LogP contribution is -2.33. The summed E-state index contributed by atoms with van der Waals surface area (Å²) in [5.41, 5.74) is 2.83. The minimum absolute atomic E-state index is 0.419. The average molecular weight is 245 g/mol. The fraction of sp³-hybridized carbons (Fsp3) is 0.562. The third-order valence-corrected chi connectivity index (χ3v) is 3.63. The van der Waals surface area contributed by atoms with Crippen molar-refractivity contribution in [1.29, 1.82) is 0 Å². The number of ketones is 1. The molecule has 0 aliphatic carbocycles. The van der Waals surface area contributed by atoms with Crippen molar-refractivity contribution in [3.05, 3.63) is 35.4 Å². The monoisotopic (exact) mass is 245 g/mol. The Balaban J connectivity index is 1.90. The van der Waals surface area contributed by atoms with Gasteiger partial charge in [0.25, 0.3) is 0 Å². The van der Waals surface area contributed by atoms with Crippen LogP contribution < -0.4 is 0 Å². The van der Waals surface area contributed by atoms with Crippen LogP contribution in [0.15, 0.2) is 24.3 Å². The minimum Gasteiger partial charge on any atom is -0.300 e. The number of carbonyl (C=O) groups excluding carboxylic acids is 1. The van der Waals surface area contributed by atoms with Crippen LogP contribution >= 0.6 is 0 Å². The lowest BCUT2D eigenvalue weighted by molar-refractivity contribution is -0.121. The number of aryl methyl sites for hydroxylation is 1. The van der Waals surface area contributed by atoms with Crippen LogP contribution in [-0.4, -0.2) is 23.8 Å². The molecule has 2 nitrogen and oxygen atoms in total. The molecule has 1 saturated heterocycles. The van der Waals surface area contributed by atoms with Crippen LogP contribution in [0.4, 0.5) is 0 Å². The van der Waals surface area contributed by atoms with Gasteiger partial charge < -0.3 is 0 Å². The second-order valence-electron chi connectivity index (χ2n) is 5.24. The Morgan fingerprint density at radius 2 is 1.89 bits per heavy atom. The zero-order valence-electron chi connectivity index (χ0n) is 11.3. The van der Waals surface area contributed by atoms with Gasteiger partial charge in [-0.05, 0) is 24.0 Å². The molecule has 1 aliphatic rings. The number of unbranched alkanes of at least 4 members (excludes halogenated alkanes) is 1. The van der Waals surface area contributed by atoms with E-state index in [0.29, 0.717) is 5.78 Å². The Hall–Kier alpha value is -1.15. The highest BCUT2D eigenvalue weighted by atomic mass is 16.1. The van der Waals surface area contributed by atoms with Crippen LogP contribution in [0, 0.1) is 0 Å². The minimum atomic E-state index is 0.419. The van der Waals surface area contributed by atoms with Crippen molar-refractivity contribution in [3.63, 3.8) is 0 Å². The van der Waals surface area contributed by atoms with Gasteiger partial charge in [-0.2, -0.15) is 0 Å². The lowest BCUT2D eigenvalue weighted by Gasteiger charge is -2.25. The van der Waals surface area contributed by atoms with Crippen LogP contribution in [0.3, 0.4) is 0 Å². The zero-order valence-corrected chi connectivity index (χ0v) is 11.3. The number of rotatable bonds is 5. The predicted octanol–water partition coefficient (Wildman–Crippen LogP) is 3.19. The molecule has 0 spiro atoms. The third kappa shape index (κ3) is 3.95. The van der Waals surface area contributed by atoms with E-state index in [-0.39, 0.29) is 0 Å². The average Bonchev–Trinajstić information content (AvgIpc) is 2.40. The first kappa shape index (κ1) is 13.3. The topological polar surface area (TPSA) is 20.3 Å². The van der Waals surface area contributed by atoms with E-state index < -0.39 is 0 Å². The molecule has 0 aromatic heterocycles. The first-order valence-corrected chi connectivity index (χ1v) is 7.10. The van der Waals surface area contributed by atoms with Crippen molar-refractivity contribution in [2.24, 2.45) is 0 Å². The van der Waals surface area contributed by atoms with E-state index in [1.807, 2.05) is 0 Å². The smallest absolute Gasteiger partial charge is 0.135 e. The summed E-state index contributed by atoms with van der Waals surface area (Å²) < 4.78 is 0. The summed E-state index contributed by atoms with van der Waals surface area (Å²) in [5, 5.41) is 0. The number of piperidine rings is 1. The maximum Gasteiger partial charge on any atom is 0.135 e. The number of Topliss-reactive ketones (excluding diaryl/α,β-unsaturated/α-hetero) is 1. The lowest BCUT2D eigenvalue weighted by atomic mass is 10.0. The summed E-state index contributed by atoms with van der Waals surface area (Å²) in [5.74, 6) is 0.419. The summed E-state index contributed by atoms with van der Waals surface area (Å²) in [6.45, 7) is 5.08. The summed E-state index contributed by atoms with van der Waals surface area (Å²) in [6.07, 6.45) is 5.16. The highest BCUT2D eigenvalue weighted by Gasteiger charge is 2.15. The number of likely N-dealkylation sites (tertiary alicyclic amines) is 1. The summed E-state index contributed by atoms with van der Waals surface area (Å²) in [6, 6.07) is 8.91. The standard InChI is InChI=1S/C16H23NO/c1-2-3-5-14-6-4-7-15(12-14)13-17-10-8-16(18)9-11-17/h4,6-7,12H,2-3,5,8-11,13H2,1H3. The Bertz CT molecular complexity index is 390. The van der Waals surface area contributed by atoms with E-state index in [1.165, 1.54) is 30.4 Å². The highest BCUT2D eigenvalue weighted by Crippen LogP contribution is 2.14. The number of nitrogens with zero attached hydrogens (tertiary/aromatic N) is 1. The molecule has 0 unspecified atom stereocenters. The zero-order chi connectivity index (χ0) is 12.8. The number of hydrogen-bond donors (Lipinski definition) is 0. The number of benzene rings is 1. The number of carbonyl (C=O) groups is 1. The summed E-state index contributed by atoms with van der Waals surface area (Å²) in [4.78, 5) is 13.6. The molecule has 0 radical (unpaired) electrons. The van der Waals surface area contributed by atoms with Crippen molar-refractivity contribution in [3.8, 4) is 0 Å². The molecular weight excluding hydrogens is 222 g/mol. The second-order valence-corrected chi connectivity index (χ2v) is 5.24. The van der Waals surface area contributed by atoms with Crippen LogP contribution in [-0.2, 0) is 17.8 Å². The van der Waals surface area contributed by atoms with Gasteiger partial charge in [0.15, 0.2) is 0 Å². The molecule has 0 N–H and O–H groups in total. The molecule has 0 atom stereocenters. The first-order valence-electron chi connectivity index (χ1n) is 7.10. The Labute approximate surface area is 110 Å². The van der Waals surface area contributed by atoms with Gasteiger partial charge in [-0.15, -0.1) is 0 Å². The normalized spacial score (nSPS) is 17.1. The molecular formula is C16H23NO. The molecule has 1 aromatic rings. The van der Waals surface area contributed by atoms with Crippen molar-refractivity contribution in [2.75, 3.05) is 13.1 Å². The van der Waals surface area contributed by atoms with Gasteiger partial charge >= 0.3 is 0 Å². The molecule has 0 saturated carbocycles. The van der Waals surface area contributed by atoms with Gasteiger partial charge in [-0.1, -0.05) is 37.6 Å². The van der Waals surface area contributed by atoms with E-state index in [4.69, 9.17) is 0 Å². The molecule has 0 bridgehead atoms. The van der Waals surface area contributed by atoms with Gasteiger partial charge in [0.05, 0.1) is 0 Å². The Kier molecular flexibility index (Phi) is 4.94. The molecule has 1 aromatic carbocycles.